The molecule has 4 N–H and O–H groups in total. The fraction of sp³-hybridized carbons (Fsp3) is 0.709. The van der Waals surface area contributed by atoms with Crippen LogP contribution in [0.2, 0.25) is 0 Å². The maximum absolute atomic E-state index is 6.28. The molecule has 4 fully saturated rings. The number of nitrogen functional groups attached to an aromatic ring is 2. The number of hydrogen-bond donors (Lipinski definition) is 2. The van der Waals surface area contributed by atoms with Crippen molar-refractivity contribution in [1.82, 2.24) is 0 Å². The lowest BCUT2D eigenvalue weighted by atomic mass is 9.67. The van der Waals surface area contributed by atoms with E-state index >= 15 is 0 Å². The van der Waals surface area contributed by atoms with Crippen molar-refractivity contribution < 1.29 is 0 Å². The first-order chi connectivity index (χ1) is 27.9. The molecule has 4 aliphatic rings. The smallest absolute Gasteiger partial charge is 0.0314 e. The molecule has 2 aromatic rings. The van der Waals surface area contributed by atoms with Gasteiger partial charge in [-0.15, -0.1) is 0 Å². The zero-order valence-corrected chi connectivity index (χ0v) is 37.0. The molecule has 2 aromatic carbocycles. The van der Waals surface area contributed by atoms with Gasteiger partial charge in [-0.2, -0.15) is 0 Å². The van der Waals surface area contributed by atoms with Gasteiger partial charge in [-0.25, -0.2) is 0 Å². The van der Waals surface area contributed by atoms with Crippen molar-refractivity contribution in [3.05, 3.63) is 84.0 Å². The highest BCUT2D eigenvalue weighted by atomic mass is 14.5. The van der Waals surface area contributed by atoms with Gasteiger partial charge in [0.05, 0.1) is 0 Å². The summed E-state index contributed by atoms with van der Waals surface area (Å²) in [6, 6.07) is 17.9. The number of unbranched alkanes of at least 4 members (excludes halogenated alkanes) is 2. The summed E-state index contributed by atoms with van der Waals surface area (Å²) in [5.74, 6) is 7.22. The molecule has 0 aliphatic heterocycles. The molecule has 57 heavy (non-hydrogen) atoms. The molecule has 0 amide bonds. The fourth-order valence-corrected chi connectivity index (χ4v) is 12.3. The van der Waals surface area contributed by atoms with Gasteiger partial charge in [0.15, 0.2) is 0 Å². The number of allylic oxidation sites excluding steroid dienone is 4. The highest BCUT2D eigenvalue weighted by Gasteiger charge is 2.34. The van der Waals surface area contributed by atoms with Gasteiger partial charge < -0.3 is 11.5 Å². The zero-order chi connectivity index (χ0) is 39.7. The summed E-state index contributed by atoms with van der Waals surface area (Å²) in [5.41, 5.74) is 17.2. The Labute approximate surface area is 351 Å². The number of anilines is 2. The van der Waals surface area contributed by atoms with E-state index in [2.05, 4.69) is 86.7 Å². The van der Waals surface area contributed by atoms with E-state index in [1.807, 2.05) is 0 Å². The molecule has 2 heteroatoms. The van der Waals surface area contributed by atoms with Crippen molar-refractivity contribution in [3.63, 3.8) is 0 Å². The third kappa shape index (κ3) is 13.8. The lowest BCUT2D eigenvalue weighted by Gasteiger charge is -2.37. The highest BCUT2D eigenvalue weighted by Crippen LogP contribution is 2.44. The van der Waals surface area contributed by atoms with Crippen LogP contribution in [-0.2, 0) is 5.41 Å². The van der Waals surface area contributed by atoms with Crippen LogP contribution in [0.15, 0.2) is 72.8 Å². The van der Waals surface area contributed by atoms with E-state index in [4.69, 9.17) is 11.5 Å². The molecule has 316 valence electrons. The molecule has 0 unspecified atom stereocenters. The molecule has 6 rings (SSSR count). The molecular formula is C55H86N2. The monoisotopic (exact) mass is 775 g/mol. The van der Waals surface area contributed by atoms with E-state index in [9.17, 15) is 0 Å². The molecule has 0 atom stereocenters. The highest BCUT2D eigenvalue weighted by molar-refractivity contribution is 5.49. The van der Waals surface area contributed by atoms with Gasteiger partial charge in [-0.3, -0.25) is 0 Å². The Bertz CT molecular complexity index is 1310. The predicted octanol–water partition coefficient (Wildman–Crippen LogP) is 16.2. The van der Waals surface area contributed by atoms with E-state index in [-0.39, 0.29) is 5.41 Å². The van der Waals surface area contributed by atoms with Crippen LogP contribution in [0.3, 0.4) is 0 Å². The number of rotatable bonds is 20. The first-order valence-electron chi connectivity index (χ1n) is 25.0. The molecule has 4 saturated carbocycles. The molecular weight excluding hydrogens is 689 g/mol. The zero-order valence-electron chi connectivity index (χ0n) is 37.0. The van der Waals surface area contributed by atoms with Crippen LogP contribution in [-0.4, -0.2) is 0 Å². The Balaban J connectivity index is 0.970. The van der Waals surface area contributed by atoms with Crippen molar-refractivity contribution in [2.45, 2.75) is 199 Å². The van der Waals surface area contributed by atoms with Crippen LogP contribution < -0.4 is 11.5 Å². The molecule has 0 radical (unpaired) electrons. The summed E-state index contributed by atoms with van der Waals surface area (Å²) in [5, 5.41) is 0. The number of benzene rings is 2. The van der Waals surface area contributed by atoms with E-state index < -0.39 is 0 Å². The van der Waals surface area contributed by atoms with Crippen LogP contribution in [0.5, 0.6) is 0 Å². The average molecular weight is 775 g/mol. The second-order valence-electron chi connectivity index (χ2n) is 20.3. The molecule has 4 aliphatic carbocycles. The maximum Gasteiger partial charge on any atom is 0.0314 e. The van der Waals surface area contributed by atoms with E-state index in [1.165, 1.54) is 191 Å². The van der Waals surface area contributed by atoms with E-state index in [0.717, 1.165) is 58.7 Å². The third-order valence-electron chi connectivity index (χ3n) is 16.1. The summed E-state index contributed by atoms with van der Waals surface area (Å²) in [4.78, 5) is 0. The van der Waals surface area contributed by atoms with Gasteiger partial charge in [-0.05, 0) is 198 Å². The minimum absolute atomic E-state index is 0.0116. The van der Waals surface area contributed by atoms with Crippen LogP contribution in [0, 0.1) is 47.3 Å². The Kier molecular flexibility index (Phi) is 18.1. The van der Waals surface area contributed by atoms with Crippen LogP contribution in [0.1, 0.15) is 205 Å². The Morgan fingerprint density at radius 1 is 0.404 bits per heavy atom. The first-order valence-corrected chi connectivity index (χ1v) is 25.0. The molecule has 0 heterocycles. The van der Waals surface area contributed by atoms with Crippen molar-refractivity contribution in [1.29, 1.82) is 0 Å². The fourth-order valence-electron chi connectivity index (χ4n) is 12.3. The summed E-state index contributed by atoms with van der Waals surface area (Å²) < 4.78 is 0. The van der Waals surface area contributed by atoms with Gasteiger partial charge in [0.25, 0.3) is 0 Å². The van der Waals surface area contributed by atoms with Gasteiger partial charge in [0.2, 0.25) is 0 Å². The summed E-state index contributed by atoms with van der Waals surface area (Å²) >= 11 is 0. The topological polar surface area (TPSA) is 52.0 Å². The SMILES string of the molecule is CCCC1CCC(C=CC2CCC(CCCCC(CCCCC3CCC(C=CC4CCC(CCC)CC4)CC3)(c3ccc(N)cc3)c3ccc(N)cc3)CC2)CC1. The largest absolute Gasteiger partial charge is 0.399 e. The quantitative estimate of drug-likeness (QED) is 0.0800. The lowest BCUT2D eigenvalue weighted by Crippen LogP contribution is -2.28. The predicted molar refractivity (Wildman–Crippen MR) is 249 cm³/mol. The molecule has 0 saturated heterocycles. The van der Waals surface area contributed by atoms with Gasteiger partial charge in [-0.1, -0.05) is 127 Å². The maximum atomic E-state index is 6.28. The van der Waals surface area contributed by atoms with Crippen molar-refractivity contribution in [2.24, 2.45) is 47.3 Å². The normalized spacial score (nSPS) is 28.9. The minimum atomic E-state index is 0.0116. The standard InChI is InChI=1S/C55H86N2/c1-3-9-43-13-21-47(22-14-43)29-31-49-25-17-45(18-26-49)11-5-7-41-55(51-33-37-53(56)38-34-51,52-35-39-54(57)40-36-52)42-8-6-12-46-19-27-50(28-20-46)32-30-48-23-15-44(10-4-2)16-24-48/h29-40,43-50H,3-28,41-42,56-57H2,1-2H3. The number of hydrogen-bond acceptors (Lipinski definition) is 2. The van der Waals surface area contributed by atoms with Crippen LogP contribution in [0.4, 0.5) is 11.4 Å². The molecule has 2 nitrogen and oxygen atoms in total. The molecule has 0 spiro atoms. The number of nitrogens with two attached hydrogens (primary N) is 2. The second kappa shape index (κ2) is 23.3. The first kappa shape index (κ1) is 44.1. The Morgan fingerprint density at radius 3 is 0.965 bits per heavy atom. The summed E-state index contributed by atoms with van der Waals surface area (Å²) in [6.07, 6.45) is 49.6. The van der Waals surface area contributed by atoms with Gasteiger partial charge >= 0.3 is 0 Å². The Hall–Kier alpha value is -2.48. The lowest BCUT2D eigenvalue weighted by molar-refractivity contribution is 0.274. The Morgan fingerprint density at radius 2 is 0.684 bits per heavy atom. The van der Waals surface area contributed by atoms with Gasteiger partial charge in [0, 0.05) is 16.8 Å². The summed E-state index contributed by atoms with van der Waals surface area (Å²) in [6.45, 7) is 4.70. The van der Waals surface area contributed by atoms with Crippen LogP contribution in [0.25, 0.3) is 0 Å². The minimum Gasteiger partial charge on any atom is -0.399 e. The van der Waals surface area contributed by atoms with E-state index in [1.54, 1.807) is 0 Å². The van der Waals surface area contributed by atoms with Crippen molar-refractivity contribution >= 4 is 11.4 Å². The third-order valence-corrected chi connectivity index (χ3v) is 16.1. The van der Waals surface area contributed by atoms with Crippen molar-refractivity contribution in [2.75, 3.05) is 11.5 Å². The molecule has 0 aromatic heterocycles. The average Bonchev–Trinajstić information content (AvgIpc) is 3.24. The van der Waals surface area contributed by atoms with Crippen LogP contribution >= 0.6 is 0 Å². The van der Waals surface area contributed by atoms with Gasteiger partial charge in [0.1, 0.15) is 0 Å². The van der Waals surface area contributed by atoms with E-state index in [0.29, 0.717) is 0 Å². The second-order valence-corrected chi connectivity index (χ2v) is 20.3. The van der Waals surface area contributed by atoms with Crippen molar-refractivity contribution in [3.8, 4) is 0 Å². The molecule has 0 bridgehead atoms. The summed E-state index contributed by atoms with van der Waals surface area (Å²) in [7, 11) is 0.